The molecule has 0 aromatic heterocycles. The molecule has 0 aromatic carbocycles. The summed E-state index contributed by atoms with van der Waals surface area (Å²) in [5.74, 6) is 0.866. The lowest BCUT2D eigenvalue weighted by atomic mass is 10.2. The monoisotopic (exact) mass is 201 g/mol. The van der Waals surface area contributed by atoms with E-state index in [4.69, 9.17) is 9.47 Å². The molecule has 1 saturated carbocycles. The van der Waals surface area contributed by atoms with Crippen LogP contribution in [0.2, 0.25) is 0 Å². The Labute approximate surface area is 87.2 Å². The summed E-state index contributed by atoms with van der Waals surface area (Å²) in [7, 11) is 1.74. The predicted octanol–water partition coefficient (Wildman–Crippen LogP) is 1.43. The average molecular weight is 201 g/mol. The molecule has 0 aliphatic heterocycles. The first-order valence-corrected chi connectivity index (χ1v) is 5.58. The molecule has 1 N–H and O–H groups in total. The van der Waals surface area contributed by atoms with Gasteiger partial charge in [0, 0.05) is 26.3 Å². The molecule has 1 fully saturated rings. The molecule has 3 nitrogen and oxygen atoms in total. The number of nitrogens with one attached hydrogen (secondary N) is 1. The standard InChI is InChI=1S/C11H23NO2/c1-9(10(2)13-3)12-6-7-14-8-11-4-5-11/h9-12H,4-8H2,1-3H3. The van der Waals surface area contributed by atoms with Crippen LogP contribution in [0.4, 0.5) is 0 Å². The molecule has 2 atom stereocenters. The molecule has 2 unspecified atom stereocenters. The van der Waals surface area contributed by atoms with E-state index < -0.39 is 0 Å². The van der Waals surface area contributed by atoms with E-state index in [1.807, 2.05) is 0 Å². The summed E-state index contributed by atoms with van der Waals surface area (Å²) in [5, 5.41) is 3.38. The summed E-state index contributed by atoms with van der Waals surface area (Å²) < 4.78 is 10.7. The lowest BCUT2D eigenvalue weighted by Crippen LogP contribution is -2.38. The van der Waals surface area contributed by atoms with Crippen LogP contribution in [0.5, 0.6) is 0 Å². The van der Waals surface area contributed by atoms with E-state index in [2.05, 4.69) is 19.2 Å². The van der Waals surface area contributed by atoms with Crippen molar-refractivity contribution < 1.29 is 9.47 Å². The zero-order valence-electron chi connectivity index (χ0n) is 9.58. The fourth-order valence-electron chi connectivity index (χ4n) is 1.26. The van der Waals surface area contributed by atoms with Gasteiger partial charge in [-0.3, -0.25) is 0 Å². The van der Waals surface area contributed by atoms with Gasteiger partial charge in [0.05, 0.1) is 12.7 Å². The van der Waals surface area contributed by atoms with Crippen LogP contribution < -0.4 is 5.32 Å². The molecule has 84 valence electrons. The molecule has 0 saturated heterocycles. The third kappa shape index (κ3) is 4.94. The highest BCUT2D eigenvalue weighted by Crippen LogP contribution is 2.28. The fraction of sp³-hybridized carbons (Fsp3) is 1.00. The Bertz CT molecular complexity index is 148. The highest BCUT2D eigenvalue weighted by atomic mass is 16.5. The third-order valence-corrected chi connectivity index (χ3v) is 2.84. The van der Waals surface area contributed by atoms with E-state index in [1.54, 1.807) is 7.11 Å². The first-order chi connectivity index (χ1) is 6.74. The number of methoxy groups -OCH3 is 1. The minimum absolute atomic E-state index is 0.262. The second-order valence-electron chi connectivity index (χ2n) is 4.20. The van der Waals surface area contributed by atoms with Gasteiger partial charge in [-0.15, -0.1) is 0 Å². The molecule has 1 rings (SSSR count). The Hall–Kier alpha value is -0.120. The first kappa shape index (κ1) is 12.0. The van der Waals surface area contributed by atoms with Gasteiger partial charge in [0.25, 0.3) is 0 Å². The van der Waals surface area contributed by atoms with Crippen LogP contribution in [-0.2, 0) is 9.47 Å². The Morgan fingerprint density at radius 3 is 2.64 bits per heavy atom. The maximum atomic E-state index is 5.52. The zero-order chi connectivity index (χ0) is 10.4. The van der Waals surface area contributed by atoms with Crippen molar-refractivity contribution in [2.24, 2.45) is 5.92 Å². The predicted molar refractivity (Wildman–Crippen MR) is 57.5 cm³/mol. The van der Waals surface area contributed by atoms with E-state index in [-0.39, 0.29) is 6.10 Å². The van der Waals surface area contributed by atoms with Crippen molar-refractivity contribution in [1.82, 2.24) is 5.32 Å². The highest BCUT2D eigenvalue weighted by Gasteiger charge is 2.20. The van der Waals surface area contributed by atoms with Crippen molar-refractivity contribution in [3.8, 4) is 0 Å². The number of hydrogen-bond acceptors (Lipinski definition) is 3. The van der Waals surface area contributed by atoms with Crippen molar-refractivity contribution in [2.45, 2.75) is 38.8 Å². The van der Waals surface area contributed by atoms with Crippen LogP contribution in [0, 0.1) is 5.92 Å². The highest BCUT2D eigenvalue weighted by molar-refractivity contribution is 4.72. The quantitative estimate of drug-likeness (QED) is 0.603. The topological polar surface area (TPSA) is 30.5 Å². The smallest absolute Gasteiger partial charge is 0.0693 e. The maximum Gasteiger partial charge on any atom is 0.0693 e. The fourth-order valence-corrected chi connectivity index (χ4v) is 1.26. The van der Waals surface area contributed by atoms with Gasteiger partial charge in [0.1, 0.15) is 0 Å². The van der Waals surface area contributed by atoms with E-state index >= 15 is 0 Å². The van der Waals surface area contributed by atoms with Crippen LogP contribution in [0.25, 0.3) is 0 Å². The van der Waals surface area contributed by atoms with Crippen LogP contribution in [-0.4, -0.2) is 39.0 Å². The number of rotatable bonds is 8. The summed E-state index contributed by atoms with van der Waals surface area (Å²) in [6.07, 6.45) is 2.99. The SMILES string of the molecule is COC(C)C(C)NCCOCC1CC1. The number of hydrogen-bond donors (Lipinski definition) is 1. The molecule has 0 aromatic rings. The first-order valence-electron chi connectivity index (χ1n) is 5.58. The van der Waals surface area contributed by atoms with Gasteiger partial charge in [-0.1, -0.05) is 0 Å². The van der Waals surface area contributed by atoms with E-state index in [1.165, 1.54) is 12.8 Å². The van der Waals surface area contributed by atoms with Crippen LogP contribution in [0.15, 0.2) is 0 Å². The van der Waals surface area contributed by atoms with E-state index in [0.29, 0.717) is 6.04 Å². The van der Waals surface area contributed by atoms with Gasteiger partial charge in [0.2, 0.25) is 0 Å². The molecule has 1 aliphatic rings. The largest absolute Gasteiger partial charge is 0.380 e. The lowest BCUT2D eigenvalue weighted by molar-refractivity contribution is 0.0796. The second kappa shape index (κ2) is 6.38. The molecule has 3 heteroatoms. The van der Waals surface area contributed by atoms with E-state index in [9.17, 15) is 0 Å². The Balaban J connectivity index is 1.86. The molecule has 14 heavy (non-hydrogen) atoms. The molecule has 0 spiro atoms. The van der Waals surface area contributed by atoms with Gasteiger partial charge >= 0.3 is 0 Å². The van der Waals surface area contributed by atoms with Gasteiger partial charge in [0.15, 0.2) is 0 Å². The summed E-state index contributed by atoms with van der Waals surface area (Å²) in [4.78, 5) is 0. The van der Waals surface area contributed by atoms with Crippen molar-refractivity contribution in [3.63, 3.8) is 0 Å². The Morgan fingerprint density at radius 2 is 2.07 bits per heavy atom. The van der Waals surface area contributed by atoms with Gasteiger partial charge < -0.3 is 14.8 Å². The number of ether oxygens (including phenoxy) is 2. The molecular weight excluding hydrogens is 178 g/mol. The normalized spacial score (nSPS) is 20.8. The Kier molecular flexibility index (Phi) is 5.45. The van der Waals surface area contributed by atoms with Crippen LogP contribution in [0.3, 0.4) is 0 Å². The van der Waals surface area contributed by atoms with Gasteiger partial charge in [-0.25, -0.2) is 0 Å². The van der Waals surface area contributed by atoms with E-state index in [0.717, 1.165) is 25.7 Å². The van der Waals surface area contributed by atoms with Crippen LogP contribution >= 0.6 is 0 Å². The maximum absolute atomic E-state index is 5.52. The molecule has 0 amide bonds. The lowest BCUT2D eigenvalue weighted by Gasteiger charge is -2.19. The average Bonchev–Trinajstić information content (AvgIpc) is 2.99. The van der Waals surface area contributed by atoms with Crippen molar-refractivity contribution in [3.05, 3.63) is 0 Å². The summed E-state index contributed by atoms with van der Waals surface area (Å²) in [5.41, 5.74) is 0. The van der Waals surface area contributed by atoms with Crippen LogP contribution in [0.1, 0.15) is 26.7 Å². The summed E-state index contributed by atoms with van der Waals surface area (Å²) >= 11 is 0. The Morgan fingerprint density at radius 1 is 1.36 bits per heavy atom. The molecule has 1 aliphatic carbocycles. The molecule has 0 radical (unpaired) electrons. The second-order valence-corrected chi connectivity index (χ2v) is 4.20. The van der Waals surface area contributed by atoms with Gasteiger partial charge in [-0.05, 0) is 32.6 Å². The third-order valence-electron chi connectivity index (χ3n) is 2.84. The van der Waals surface area contributed by atoms with Gasteiger partial charge in [-0.2, -0.15) is 0 Å². The van der Waals surface area contributed by atoms with Crippen molar-refractivity contribution in [1.29, 1.82) is 0 Å². The molecule has 0 heterocycles. The molecule has 0 bridgehead atoms. The van der Waals surface area contributed by atoms with Crippen molar-refractivity contribution in [2.75, 3.05) is 26.9 Å². The minimum atomic E-state index is 0.262. The zero-order valence-corrected chi connectivity index (χ0v) is 9.58. The molecular formula is C11H23NO2. The minimum Gasteiger partial charge on any atom is -0.380 e. The summed E-state index contributed by atoms with van der Waals surface area (Å²) in [6.45, 7) is 6.90. The summed E-state index contributed by atoms with van der Waals surface area (Å²) in [6, 6.07) is 0.393. The van der Waals surface area contributed by atoms with Crippen molar-refractivity contribution >= 4 is 0 Å².